The summed E-state index contributed by atoms with van der Waals surface area (Å²) in [6, 6.07) is 8.06. The SMILES string of the molecule is Nc1ccc(Oc2cc3cnn(C4CCCCO4)c3cc2CC(=O)NC2CCOCC2)c(F)c1. The molecule has 34 heavy (non-hydrogen) atoms. The number of aromatic nitrogens is 2. The van der Waals surface area contributed by atoms with Crippen molar-refractivity contribution in [2.45, 2.75) is 50.8 Å². The van der Waals surface area contributed by atoms with Gasteiger partial charge in [-0.15, -0.1) is 0 Å². The van der Waals surface area contributed by atoms with Crippen molar-refractivity contribution in [1.82, 2.24) is 15.1 Å². The lowest BCUT2D eigenvalue weighted by Crippen LogP contribution is -2.39. The van der Waals surface area contributed by atoms with E-state index in [0.29, 0.717) is 36.8 Å². The van der Waals surface area contributed by atoms with Gasteiger partial charge in [-0.05, 0) is 56.4 Å². The van der Waals surface area contributed by atoms with Gasteiger partial charge in [-0.3, -0.25) is 4.79 Å². The van der Waals surface area contributed by atoms with Crippen LogP contribution in [0.15, 0.2) is 36.5 Å². The highest BCUT2D eigenvalue weighted by Crippen LogP contribution is 2.34. The molecule has 1 amide bonds. The minimum Gasteiger partial charge on any atom is -0.454 e. The number of benzene rings is 2. The molecule has 3 heterocycles. The molecule has 2 aliphatic rings. The highest BCUT2D eigenvalue weighted by atomic mass is 19.1. The average Bonchev–Trinajstić information content (AvgIpc) is 3.25. The summed E-state index contributed by atoms with van der Waals surface area (Å²) in [5, 5.41) is 8.45. The summed E-state index contributed by atoms with van der Waals surface area (Å²) >= 11 is 0. The lowest BCUT2D eigenvalue weighted by atomic mass is 10.1. The number of nitrogens with zero attached hydrogens (tertiary/aromatic N) is 2. The lowest BCUT2D eigenvalue weighted by Gasteiger charge is -2.24. The molecule has 180 valence electrons. The molecular formula is C25H29FN4O4. The van der Waals surface area contributed by atoms with Crippen LogP contribution < -0.4 is 15.8 Å². The molecule has 2 aliphatic heterocycles. The maximum atomic E-state index is 14.5. The van der Waals surface area contributed by atoms with E-state index in [2.05, 4.69) is 10.4 Å². The summed E-state index contributed by atoms with van der Waals surface area (Å²) in [4.78, 5) is 12.9. The van der Waals surface area contributed by atoms with Crippen molar-refractivity contribution in [2.24, 2.45) is 0 Å². The van der Waals surface area contributed by atoms with E-state index in [1.807, 2.05) is 10.7 Å². The smallest absolute Gasteiger partial charge is 0.224 e. The van der Waals surface area contributed by atoms with Crippen molar-refractivity contribution >= 4 is 22.5 Å². The first-order valence-corrected chi connectivity index (χ1v) is 11.8. The van der Waals surface area contributed by atoms with Gasteiger partial charge in [0.15, 0.2) is 17.8 Å². The molecule has 0 saturated carbocycles. The Morgan fingerprint density at radius 3 is 2.76 bits per heavy atom. The number of fused-ring (bicyclic) bond motifs is 1. The van der Waals surface area contributed by atoms with Gasteiger partial charge < -0.3 is 25.3 Å². The molecule has 0 aliphatic carbocycles. The molecule has 1 unspecified atom stereocenters. The van der Waals surface area contributed by atoms with Gasteiger partial charge in [0.25, 0.3) is 0 Å². The lowest BCUT2D eigenvalue weighted by molar-refractivity contribution is -0.121. The molecule has 5 rings (SSSR count). The van der Waals surface area contributed by atoms with Crippen molar-refractivity contribution in [1.29, 1.82) is 0 Å². The Hall–Kier alpha value is -3.17. The quantitative estimate of drug-likeness (QED) is 0.529. The molecule has 2 aromatic carbocycles. The van der Waals surface area contributed by atoms with Crippen molar-refractivity contribution in [3.63, 3.8) is 0 Å². The number of anilines is 1. The number of carbonyl (C=O) groups excluding carboxylic acids is 1. The van der Waals surface area contributed by atoms with Gasteiger partial charge in [0.1, 0.15) is 5.75 Å². The monoisotopic (exact) mass is 468 g/mol. The summed E-state index contributed by atoms with van der Waals surface area (Å²) in [5.41, 5.74) is 7.48. The summed E-state index contributed by atoms with van der Waals surface area (Å²) in [7, 11) is 0. The fraction of sp³-hybridized carbons (Fsp3) is 0.440. The topological polar surface area (TPSA) is 101 Å². The number of rotatable bonds is 6. The van der Waals surface area contributed by atoms with E-state index in [1.165, 1.54) is 12.1 Å². The normalized spacial score (nSPS) is 19.3. The molecule has 3 N–H and O–H groups in total. The second-order valence-corrected chi connectivity index (χ2v) is 8.85. The summed E-state index contributed by atoms with van der Waals surface area (Å²) in [6.07, 6.45) is 6.26. The van der Waals surface area contributed by atoms with E-state index >= 15 is 0 Å². The Morgan fingerprint density at radius 2 is 2.00 bits per heavy atom. The van der Waals surface area contributed by atoms with Gasteiger partial charge in [0.05, 0.1) is 18.1 Å². The fourth-order valence-electron chi connectivity index (χ4n) is 4.51. The Bertz CT molecular complexity index is 1170. The van der Waals surface area contributed by atoms with Crippen LogP contribution in [0.5, 0.6) is 11.5 Å². The third kappa shape index (κ3) is 5.00. The van der Waals surface area contributed by atoms with Crippen LogP contribution in [0.1, 0.15) is 43.9 Å². The van der Waals surface area contributed by atoms with Crippen LogP contribution in [0.3, 0.4) is 0 Å². The van der Waals surface area contributed by atoms with Gasteiger partial charge in [0.2, 0.25) is 5.91 Å². The number of halogens is 1. The van der Waals surface area contributed by atoms with E-state index in [0.717, 1.165) is 43.0 Å². The fourth-order valence-corrected chi connectivity index (χ4v) is 4.51. The first-order chi connectivity index (χ1) is 16.6. The van der Waals surface area contributed by atoms with Gasteiger partial charge in [-0.1, -0.05) is 0 Å². The van der Waals surface area contributed by atoms with E-state index in [1.54, 1.807) is 18.3 Å². The average molecular weight is 469 g/mol. The van der Waals surface area contributed by atoms with Gasteiger partial charge in [-0.2, -0.15) is 5.10 Å². The molecule has 0 spiro atoms. The molecule has 0 bridgehead atoms. The molecule has 1 atom stereocenters. The van der Waals surface area contributed by atoms with Crippen molar-refractivity contribution in [3.05, 3.63) is 47.9 Å². The number of carbonyl (C=O) groups is 1. The molecule has 1 aromatic heterocycles. The van der Waals surface area contributed by atoms with Crippen LogP contribution in [-0.2, 0) is 20.7 Å². The minimum atomic E-state index is -0.566. The van der Waals surface area contributed by atoms with E-state index in [9.17, 15) is 9.18 Å². The van der Waals surface area contributed by atoms with Crippen LogP contribution in [-0.4, -0.2) is 41.6 Å². The van der Waals surface area contributed by atoms with Gasteiger partial charge >= 0.3 is 0 Å². The van der Waals surface area contributed by atoms with Crippen molar-refractivity contribution in [2.75, 3.05) is 25.6 Å². The zero-order valence-corrected chi connectivity index (χ0v) is 19.0. The van der Waals surface area contributed by atoms with E-state index in [4.69, 9.17) is 19.9 Å². The van der Waals surface area contributed by atoms with Crippen LogP contribution >= 0.6 is 0 Å². The number of hydrogen-bond acceptors (Lipinski definition) is 6. The first kappa shape index (κ1) is 22.6. The summed E-state index contributed by atoms with van der Waals surface area (Å²) < 4.78 is 33.6. The Morgan fingerprint density at radius 1 is 1.15 bits per heavy atom. The molecule has 0 radical (unpaired) electrons. The predicted octanol–water partition coefficient (Wildman–Crippen LogP) is 4.09. The van der Waals surface area contributed by atoms with E-state index < -0.39 is 5.82 Å². The standard InChI is InChI=1S/C25H29FN4O4/c26-20-14-18(27)4-5-22(20)34-23-12-17-15-28-30(25-3-1-2-8-33-25)21(17)11-16(23)13-24(31)29-19-6-9-32-10-7-19/h4-5,11-12,14-15,19,25H,1-3,6-10,13,27H2,(H,29,31). The highest BCUT2D eigenvalue weighted by Gasteiger charge is 2.22. The maximum absolute atomic E-state index is 14.5. The largest absolute Gasteiger partial charge is 0.454 e. The number of nitrogens with one attached hydrogen (secondary N) is 1. The Kier molecular flexibility index (Phi) is 6.64. The number of nitrogens with two attached hydrogens (primary N) is 1. The predicted molar refractivity (Wildman–Crippen MR) is 125 cm³/mol. The van der Waals surface area contributed by atoms with Gasteiger partial charge in [-0.25, -0.2) is 9.07 Å². The number of ether oxygens (including phenoxy) is 3. The molecule has 8 nitrogen and oxygen atoms in total. The molecule has 3 aromatic rings. The van der Waals surface area contributed by atoms with Crippen LogP contribution in [0.25, 0.3) is 10.9 Å². The molecule has 9 heteroatoms. The third-order valence-corrected chi connectivity index (χ3v) is 6.32. The van der Waals surface area contributed by atoms with Crippen molar-refractivity contribution in [3.8, 4) is 11.5 Å². The van der Waals surface area contributed by atoms with E-state index in [-0.39, 0.29) is 30.3 Å². The van der Waals surface area contributed by atoms with Crippen LogP contribution in [0.2, 0.25) is 0 Å². The maximum Gasteiger partial charge on any atom is 0.224 e. The Balaban J connectivity index is 1.47. The number of nitrogen functional groups attached to an aromatic ring is 1. The number of hydrogen-bond donors (Lipinski definition) is 2. The molecule has 2 fully saturated rings. The Labute approximate surface area is 197 Å². The first-order valence-electron chi connectivity index (χ1n) is 11.8. The zero-order valence-electron chi connectivity index (χ0n) is 19.0. The number of amides is 1. The second-order valence-electron chi connectivity index (χ2n) is 8.85. The second kappa shape index (κ2) is 9.99. The van der Waals surface area contributed by atoms with Crippen LogP contribution in [0, 0.1) is 5.82 Å². The zero-order chi connectivity index (χ0) is 23.5. The summed E-state index contributed by atoms with van der Waals surface area (Å²) in [6.45, 7) is 1.98. The third-order valence-electron chi connectivity index (χ3n) is 6.32. The van der Waals surface area contributed by atoms with Crippen LogP contribution in [0.4, 0.5) is 10.1 Å². The molecule has 2 saturated heterocycles. The molecular weight excluding hydrogens is 439 g/mol. The highest BCUT2D eigenvalue weighted by molar-refractivity contribution is 5.85. The van der Waals surface area contributed by atoms with Crippen molar-refractivity contribution < 1.29 is 23.4 Å². The summed E-state index contributed by atoms with van der Waals surface area (Å²) in [5.74, 6) is -0.233. The van der Waals surface area contributed by atoms with Gasteiger partial charge in [0, 0.05) is 48.6 Å². The minimum absolute atomic E-state index is 0.0441.